The monoisotopic (exact) mass is 772 g/mol. The highest BCUT2D eigenvalue weighted by atomic mass is 32.1. The molecule has 3 atom stereocenters. The van der Waals surface area contributed by atoms with Gasteiger partial charge in [0.25, 0.3) is 0 Å². The number of thiophene rings is 1. The van der Waals surface area contributed by atoms with E-state index >= 15 is 0 Å². The van der Waals surface area contributed by atoms with Gasteiger partial charge >= 0.3 is 0 Å². The Kier molecular flexibility index (Phi) is 6.96. The van der Waals surface area contributed by atoms with Crippen LogP contribution in [0.15, 0.2) is 198 Å². The highest BCUT2D eigenvalue weighted by Gasteiger charge is 2.60. The molecule has 3 heterocycles. The van der Waals surface area contributed by atoms with Crippen LogP contribution in [0.5, 0.6) is 0 Å². The average molecular weight is 773 g/mol. The third-order valence-electron chi connectivity index (χ3n) is 13.0. The largest absolute Gasteiger partial charge is 0.344 e. The molecule has 278 valence electrons. The van der Waals surface area contributed by atoms with Gasteiger partial charge in [0.15, 0.2) is 5.84 Å². The van der Waals surface area contributed by atoms with Crippen LogP contribution < -0.4 is 5.32 Å². The highest BCUT2D eigenvalue weighted by Crippen LogP contribution is 2.70. The van der Waals surface area contributed by atoms with Crippen molar-refractivity contribution in [2.75, 3.05) is 0 Å². The van der Waals surface area contributed by atoms with Crippen molar-refractivity contribution in [2.24, 2.45) is 9.98 Å². The minimum absolute atomic E-state index is 0.00482. The van der Waals surface area contributed by atoms with Gasteiger partial charge in [0, 0.05) is 53.2 Å². The second-order valence-corrected chi connectivity index (χ2v) is 17.3. The van der Waals surface area contributed by atoms with Gasteiger partial charge < -0.3 is 9.88 Å². The zero-order valence-corrected chi connectivity index (χ0v) is 32.8. The maximum atomic E-state index is 5.17. The van der Waals surface area contributed by atoms with E-state index in [1.165, 1.54) is 69.8 Å². The summed E-state index contributed by atoms with van der Waals surface area (Å²) in [5, 5.41) is 8.78. The van der Waals surface area contributed by atoms with Crippen molar-refractivity contribution in [1.29, 1.82) is 0 Å². The predicted octanol–water partition coefficient (Wildman–Crippen LogP) is 13.1. The van der Waals surface area contributed by atoms with Crippen LogP contribution in [0, 0.1) is 0 Å². The van der Waals surface area contributed by atoms with E-state index in [9.17, 15) is 0 Å². The Balaban J connectivity index is 1.01. The van der Waals surface area contributed by atoms with E-state index in [1.54, 1.807) is 0 Å². The number of fused-ring (bicyclic) bond motifs is 12. The number of benzene rings is 8. The molecule has 3 unspecified atom stereocenters. The van der Waals surface area contributed by atoms with Crippen LogP contribution >= 0.6 is 11.3 Å². The molecule has 2 aliphatic carbocycles. The van der Waals surface area contributed by atoms with E-state index in [2.05, 4.69) is 186 Å². The van der Waals surface area contributed by atoms with Gasteiger partial charge in [0.2, 0.25) is 0 Å². The first-order chi connectivity index (χ1) is 29.2. The summed E-state index contributed by atoms with van der Waals surface area (Å²) in [5.74, 6) is 1.96. The molecule has 0 spiro atoms. The zero-order valence-electron chi connectivity index (χ0n) is 32.0. The Labute approximate surface area is 345 Å². The van der Waals surface area contributed by atoms with E-state index in [-0.39, 0.29) is 11.6 Å². The number of rotatable bonds is 5. The molecule has 0 radical (unpaired) electrons. The summed E-state index contributed by atoms with van der Waals surface area (Å²) < 4.78 is 5.14. The van der Waals surface area contributed by atoms with Crippen LogP contribution in [0.4, 0.5) is 0 Å². The lowest BCUT2D eigenvalue weighted by atomic mass is 9.74. The Morgan fingerprint density at radius 3 is 2.08 bits per heavy atom. The lowest BCUT2D eigenvalue weighted by Gasteiger charge is -2.29. The molecule has 3 aliphatic rings. The standard InChI is InChI=1S/C54H36N4S/c1-4-14-33(15-5-1)51-55-52(34-16-6-2-7-17-34)57-53(56-51)35-24-26-37(27-25-35)58-47-29-41-40(38-20-10-12-22-45(38)54(32-46(41)54)36-18-8-3-9-19-36)28-42(47)43-31-50-44(30-48(43)58)39-21-11-13-23-49(39)59-50/h1-31,46,51H,32H2,(H,55,56,57). The van der Waals surface area contributed by atoms with Crippen molar-refractivity contribution in [3.05, 3.63) is 221 Å². The summed E-state index contributed by atoms with van der Waals surface area (Å²) in [6.07, 6.45) is 0.871. The fourth-order valence-corrected chi connectivity index (χ4v) is 11.4. The van der Waals surface area contributed by atoms with Crippen molar-refractivity contribution >= 4 is 65.0 Å². The summed E-state index contributed by atoms with van der Waals surface area (Å²) in [4.78, 5) is 10.3. The first kappa shape index (κ1) is 32.9. The Morgan fingerprint density at radius 2 is 1.25 bits per heavy atom. The van der Waals surface area contributed by atoms with E-state index in [0.717, 1.165) is 40.5 Å². The minimum atomic E-state index is -0.250. The van der Waals surface area contributed by atoms with Crippen LogP contribution in [-0.4, -0.2) is 16.2 Å². The zero-order chi connectivity index (χ0) is 38.7. The van der Waals surface area contributed by atoms with E-state index in [1.807, 2.05) is 23.5 Å². The molecule has 5 heteroatoms. The molecule has 8 aromatic carbocycles. The van der Waals surface area contributed by atoms with E-state index in [4.69, 9.17) is 9.98 Å². The molecule has 59 heavy (non-hydrogen) atoms. The van der Waals surface area contributed by atoms with Gasteiger partial charge in [-0.3, -0.25) is 0 Å². The molecule has 0 amide bonds. The van der Waals surface area contributed by atoms with Crippen molar-refractivity contribution < 1.29 is 0 Å². The first-order valence-corrected chi connectivity index (χ1v) is 21.3. The van der Waals surface area contributed by atoms with Gasteiger partial charge in [-0.1, -0.05) is 133 Å². The SMILES string of the molecule is c1ccc(C2=NC(c3ccc(-n4c5cc6c(cc5c5cc7sc8ccccc8c7cc54)-c4ccccc4C4(c5ccccc5)CC64)cc3)=NC(c3ccccc3)N2)cc1. The summed E-state index contributed by atoms with van der Waals surface area (Å²) in [6, 6.07) is 68.7. The fourth-order valence-electron chi connectivity index (χ4n) is 10.2. The third kappa shape index (κ3) is 4.89. The number of hydrogen-bond acceptors (Lipinski definition) is 4. The van der Waals surface area contributed by atoms with Crippen molar-refractivity contribution in [2.45, 2.75) is 23.9 Å². The van der Waals surface area contributed by atoms with Gasteiger partial charge in [-0.2, -0.15) is 0 Å². The first-order valence-electron chi connectivity index (χ1n) is 20.4. The molecule has 1 N–H and O–H groups in total. The molecule has 0 bridgehead atoms. The number of aliphatic imine (C=N–C) groups is 2. The smallest absolute Gasteiger partial charge is 0.159 e. The van der Waals surface area contributed by atoms with Gasteiger partial charge in [-0.15, -0.1) is 11.3 Å². The third-order valence-corrected chi connectivity index (χ3v) is 14.2. The molecule has 1 aliphatic heterocycles. The minimum Gasteiger partial charge on any atom is -0.344 e. The summed E-state index contributed by atoms with van der Waals surface area (Å²) in [7, 11) is 0. The second-order valence-electron chi connectivity index (χ2n) is 16.2. The molecule has 1 saturated carbocycles. The molecule has 13 rings (SSSR count). The van der Waals surface area contributed by atoms with E-state index < -0.39 is 0 Å². The number of aromatic nitrogens is 1. The number of nitrogens with one attached hydrogen (secondary N) is 1. The molecule has 2 aromatic heterocycles. The second kappa shape index (κ2) is 12.5. The molecule has 10 aromatic rings. The average Bonchev–Trinajstić information content (AvgIpc) is 3.88. The topological polar surface area (TPSA) is 41.7 Å². The number of hydrogen-bond donors (Lipinski definition) is 1. The molecular weight excluding hydrogens is 737 g/mol. The van der Waals surface area contributed by atoms with Crippen LogP contribution in [0.2, 0.25) is 0 Å². The van der Waals surface area contributed by atoms with Crippen LogP contribution in [0.1, 0.15) is 51.9 Å². The maximum Gasteiger partial charge on any atom is 0.159 e. The predicted molar refractivity (Wildman–Crippen MR) is 246 cm³/mol. The summed E-state index contributed by atoms with van der Waals surface area (Å²) in [6.45, 7) is 0. The van der Waals surface area contributed by atoms with E-state index in [0.29, 0.717) is 5.92 Å². The quantitative estimate of drug-likeness (QED) is 0.186. The van der Waals surface area contributed by atoms with Crippen LogP contribution in [0.25, 0.3) is 58.8 Å². The van der Waals surface area contributed by atoms with Crippen molar-refractivity contribution in [3.8, 4) is 16.8 Å². The van der Waals surface area contributed by atoms with Crippen LogP contribution in [0.3, 0.4) is 0 Å². The van der Waals surface area contributed by atoms with Crippen LogP contribution in [-0.2, 0) is 5.41 Å². The Bertz CT molecular complexity index is 3380. The lowest BCUT2D eigenvalue weighted by Crippen LogP contribution is -2.33. The number of nitrogens with zero attached hydrogens (tertiary/aromatic N) is 3. The van der Waals surface area contributed by atoms with Crippen molar-refractivity contribution in [3.63, 3.8) is 0 Å². The van der Waals surface area contributed by atoms with Gasteiger partial charge in [-0.25, -0.2) is 9.98 Å². The Morgan fingerprint density at radius 1 is 0.559 bits per heavy atom. The molecular formula is C54H36N4S. The Hall–Kier alpha value is -7.08. The summed E-state index contributed by atoms with van der Waals surface area (Å²) in [5.41, 5.74) is 13.8. The molecule has 4 nitrogen and oxygen atoms in total. The van der Waals surface area contributed by atoms with Crippen molar-refractivity contribution in [1.82, 2.24) is 9.88 Å². The fraction of sp³-hybridized carbons (Fsp3) is 0.0741. The maximum absolute atomic E-state index is 5.17. The van der Waals surface area contributed by atoms with Gasteiger partial charge in [0.1, 0.15) is 12.0 Å². The highest BCUT2D eigenvalue weighted by molar-refractivity contribution is 7.25. The molecule has 1 fully saturated rings. The number of amidine groups is 2. The molecule has 0 saturated heterocycles. The lowest BCUT2D eigenvalue weighted by molar-refractivity contribution is 0.674. The normalized spacial score (nSPS) is 19.2. The van der Waals surface area contributed by atoms with Gasteiger partial charge in [-0.05, 0) is 100 Å². The summed E-state index contributed by atoms with van der Waals surface area (Å²) >= 11 is 1.89. The van der Waals surface area contributed by atoms with Gasteiger partial charge in [0.05, 0.1) is 11.0 Å².